The zero-order chi connectivity index (χ0) is 22.4. The highest BCUT2D eigenvalue weighted by Crippen LogP contribution is 2.61. The van der Waals surface area contributed by atoms with Gasteiger partial charge in [-0.15, -0.1) is 0 Å². The summed E-state index contributed by atoms with van der Waals surface area (Å²) in [5.41, 5.74) is 1.25. The van der Waals surface area contributed by atoms with E-state index >= 15 is 0 Å². The normalized spacial score (nSPS) is 11.6. The number of hydrogen-bond donors (Lipinski definition) is 0. The van der Waals surface area contributed by atoms with Gasteiger partial charge in [0.2, 0.25) is 0 Å². The molecule has 1 rings (SSSR count). The van der Waals surface area contributed by atoms with E-state index < -0.39 is 7.26 Å². The van der Waals surface area contributed by atoms with E-state index in [1.807, 2.05) is 6.92 Å². The van der Waals surface area contributed by atoms with Crippen LogP contribution < -0.4 is 0 Å². The predicted octanol–water partition coefficient (Wildman–Crippen LogP) is 7.93. The summed E-state index contributed by atoms with van der Waals surface area (Å²) in [7, 11) is -0.910. The molecule has 0 radical (unpaired) electrons. The number of benzene rings is 1. The van der Waals surface area contributed by atoms with Gasteiger partial charge in [0.05, 0.1) is 29.6 Å². The highest BCUT2D eigenvalue weighted by molar-refractivity contribution is 7.75. The minimum atomic E-state index is -0.910. The maximum absolute atomic E-state index is 12.6. The summed E-state index contributed by atoms with van der Waals surface area (Å²) in [6, 6.07) is 4.97. The van der Waals surface area contributed by atoms with Crippen molar-refractivity contribution in [2.75, 3.05) is 24.6 Å². The van der Waals surface area contributed by atoms with E-state index in [2.05, 4.69) is 20.8 Å². The van der Waals surface area contributed by atoms with Crippen molar-refractivity contribution in [1.82, 2.24) is 0 Å². The van der Waals surface area contributed by atoms with E-state index in [0.29, 0.717) is 24.0 Å². The Morgan fingerprint density at radius 3 is 1.87 bits per heavy atom. The minimum absolute atomic E-state index is 0.0420. The molecular formula is C25H43NO3P+. The molecule has 170 valence electrons. The van der Waals surface area contributed by atoms with Gasteiger partial charge >= 0.3 is 0 Å². The van der Waals surface area contributed by atoms with Crippen LogP contribution in [-0.4, -0.2) is 35.4 Å². The molecule has 5 heteroatoms. The number of unbranched alkanes of at least 4 members (excludes halogenated alkanes) is 4. The molecule has 0 amide bonds. The van der Waals surface area contributed by atoms with Crippen molar-refractivity contribution in [2.45, 2.75) is 91.9 Å². The van der Waals surface area contributed by atoms with Crippen LogP contribution >= 0.6 is 7.26 Å². The van der Waals surface area contributed by atoms with E-state index in [9.17, 15) is 14.9 Å². The number of hydrogen-bond acceptors (Lipinski definition) is 3. The van der Waals surface area contributed by atoms with Gasteiger partial charge < -0.3 is 0 Å². The highest BCUT2D eigenvalue weighted by Gasteiger charge is 2.34. The van der Waals surface area contributed by atoms with Crippen molar-refractivity contribution in [3.8, 4) is 0 Å². The Kier molecular flexibility index (Phi) is 13.1. The molecule has 4 nitrogen and oxygen atoms in total. The molecule has 1 aromatic rings. The van der Waals surface area contributed by atoms with Crippen LogP contribution in [0.5, 0.6) is 0 Å². The van der Waals surface area contributed by atoms with Crippen LogP contribution in [0.2, 0.25) is 0 Å². The number of ketones is 1. The highest BCUT2D eigenvalue weighted by atomic mass is 31.2. The second-order valence-electron chi connectivity index (χ2n) is 8.63. The largest absolute Gasteiger partial charge is 0.294 e. The van der Waals surface area contributed by atoms with Crippen LogP contribution in [0.4, 0.5) is 5.69 Å². The Hall–Kier alpha value is -1.28. The molecular weight excluding hydrogens is 393 g/mol. The lowest BCUT2D eigenvalue weighted by Crippen LogP contribution is -2.13. The third-order valence-electron chi connectivity index (χ3n) is 6.23. The molecule has 0 heterocycles. The van der Waals surface area contributed by atoms with Crippen LogP contribution in [0.15, 0.2) is 18.2 Å². The number of aryl methyl sites for hydroxylation is 1. The van der Waals surface area contributed by atoms with Crippen molar-refractivity contribution >= 4 is 18.7 Å². The number of carbonyl (C=O) groups is 1. The molecule has 0 aliphatic carbocycles. The molecule has 0 bridgehead atoms. The van der Waals surface area contributed by atoms with Crippen molar-refractivity contribution < 1.29 is 9.72 Å². The van der Waals surface area contributed by atoms with E-state index in [-0.39, 0.29) is 16.4 Å². The third-order valence-corrected chi connectivity index (χ3v) is 11.3. The summed E-state index contributed by atoms with van der Waals surface area (Å²) in [5, 5.41) is 11.3. The van der Waals surface area contributed by atoms with Gasteiger partial charge in [-0.1, -0.05) is 59.1 Å². The van der Waals surface area contributed by atoms with E-state index in [1.165, 1.54) is 69.2 Å². The lowest BCUT2D eigenvalue weighted by Gasteiger charge is -2.28. The SMILES string of the molecule is CCCC[P+](CCCC)(CCCC)CCCCC(=O)c1ccc(CC)c([N+](=O)[O-])c1. The van der Waals surface area contributed by atoms with Gasteiger partial charge in [0.15, 0.2) is 5.78 Å². The lowest BCUT2D eigenvalue weighted by molar-refractivity contribution is -0.385. The zero-order valence-electron chi connectivity index (χ0n) is 19.8. The standard InChI is InChI=1S/C25H43NO3P/c1-5-9-17-30(18-10-6-2,19-11-7-3)20-13-12-14-25(27)23-16-15-22(8-4)24(21-23)26(28)29/h15-16,21H,5-14,17-20H2,1-4H3/q+1. The fraction of sp³-hybridized carbons (Fsp3) is 0.720. The topological polar surface area (TPSA) is 60.2 Å². The molecule has 30 heavy (non-hydrogen) atoms. The molecule has 0 spiro atoms. The summed E-state index contributed by atoms with van der Waals surface area (Å²) < 4.78 is 0. The third kappa shape index (κ3) is 8.84. The van der Waals surface area contributed by atoms with E-state index in [0.717, 1.165) is 12.8 Å². The average molecular weight is 437 g/mol. The van der Waals surface area contributed by atoms with Crippen molar-refractivity contribution in [3.05, 3.63) is 39.4 Å². The van der Waals surface area contributed by atoms with Crippen LogP contribution in [0.25, 0.3) is 0 Å². The van der Waals surface area contributed by atoms with Crippen LogP contribution in [0.3, 0.4) is 0 Å². The number of nitrogens with zero attached hydrogens (tertiary/aromatic N) is 1. The number of carbonyl (C=O) groups excluding carboxylic acids is 1. The van der Waals surface area contributed by atoms with Gasteiger partial charge in [0, 0.05) is 30.9 Å². The van der Waals surface area contributed by atoms with Gasteiger partial charge in [-0.3, -0.25) is 14.9 Å². The maximum Gasteiger partial charge on any atom is 0.273 e. The molecule has 1 aromatic carbocycles. The van der Waals surface area contributed by atoms with Crippen molar-refractivity contribution in [3.63, 3.8) is 0 Å². The van der Waals surface area contributed by atoms with Crippen molar-refractivity contribution in [1.29, 1.82) is 0 Å². The first-order chi connectivity index (χ1) is 14.4. The minimum Gasteiger partial charge on any atom is -0.294 e. The predicted molar refractivity (Wildman–Crippen MR) is 132 cm³/mol. The molecule has 0 unspecified atom stereocenters. The summed E-state index contributed by atoms with van der Waals surface area (Å²) in [6.07, 6.45) is 16.5. The molecule has 0 saturated heterocycles. The molecule has 0 saturated carbocycles. The summed E-state index contributed by atoms with van der Waals surface area (Å²) in [6.45, 7) is 8.76. The van der Waals surface area contributed by atoms with Gasteiger partial charge in [-0.25, -0.2) is 0 Å². The Morgan fingerprint density at radius 1 is 0.867 bits per heavy atom. The van der Waals surface area contributed by atoms with Gasteiger partial charge in [-0.2, -0.15) is 0 Å². The first kappa shape index (κ1) is 26.8. The quantitative estimate of drug-likeness (QED) is 0.0819. The number of nitro benzene ring substituents is 1. The Morgan fingerprint density at radius 2 is 1.40 bits per heavy atom. The van der Waals surface area contributed by atoms with Gasteiger partial charge in [0.1, 0.15) is 0 Å². The molecule has 0 aliphatic heterocycles. The number of nitro groups is 1. The monoisotopic (exact) mass is 436 g/mol. The van der Waals surface area contributed by atoms with Gasteiger partial charge in [-0.05, 0) is 38.5 Å². The smallest absolute Gasteiger partial charge is 0.273 e. The molecule has 0 N–H and O–H groups in total. The van der Waals surface area contributed by atoms with Gasteiger partial charge in [0.25, 0.3) is 5.69 Å². The number of Topliss-reactive ketones (excluding diaryl/α,β-unsaturated/α-hetero) is 1. The molecule has 0 aliphatic rings. The number of rotatable bonds is 17. The first-order valence-electron chi connectivity index (χ1n) is 12.1. The Labute approximate surface area is 184 Å². The molecule has 0 aromatic heterocycles. The fourth-order valence-corrected chi connectivity index (χ4v) is 9.43. The summed E-state index contributed by atoms with van der Waals surface area (Å²) in [5.74, 6) is 0.0420. The van der Waals surface area contributed by atoms with Crippen LogP contribution in [0.1, 0.15) is 101 Å². The molecule has 0 atom stereocenters. The summed E-state index contributed by atoms with van der Waals surface area (Å²) >= 11 is 0. The van der Waals surface area contributed by atoms with Crippen LogP contribution in [-0.2, 0) is 6.42 Å². The zero-order valence-corrected chi connectivity index (χ0v) is 20.6. The maximum atomic E-state index is 12.6. The first-order valence-corrected chi connectivity index (χ1v) is 14.6. The van der Waals surface area contributed by atoms with E-state index in [1.54, 1.807) is 12.1 Å². The second-order valence-corrected chi connectivity index (χ2v) is 13.1. The van der Waals surface area contributed by atoms with E-state index in [4.69, 9.17) is 0 Å². The average Bonchev–Trinajstić information content (AvgIpc) is 2.76. The fourth-order valence-electron chi connectivity index (χ4n) is 4.23. The Balaban J connectivity index is 2.71. The van der Waals surface area contributed by atoms with Crippen molar-refractivity contribution in [2.24, 2.45) is 0 Å². The lowest BCUT2D eigenvalue weighted by atomic mass is 10.0. The second kappa shape index (κ2) is 14.7. The Bertz CT molecular complexity index is 638. The van der Waals surface area contributed by atoms with Crippen LogP contribution in [0, 0.1) is 10.1 Å². The summed E-state index contributed by atoms with van der Waals surface area (Å²) in [4.78, 5) is 23.6. The molecule has 0 fully saturated rings.